The number of aromatic nitrogens is 2. The molecule has 1 aliphatic rings. The molecule has 1 aliphatic heterocycles. The number of nitrogens with zero attached hydrogens (tertiary/aromatic N) is 3. The second-order valence-corrected chi connectivity index (χ2v) is 10.5. The van der Waals surface area contributed by atoms with Gasteiger partial charge >= 0.3 is 7.82 Å². The standard InChI is InChI=1S/C29H29N4O6P/c30-29-25(12-7-15-33(29)20-38-40(34,35)36)27-17-24(32-39-27)16-21-13-14-28(31-18-21)37-19-26(22-8-3-1-4-9-22)23-10-5-2-6-11-23/h1-15,17-18,26,29H,16,19-20,30H2,(H2,34,35,36). The molecule has 3 heterocycles. The van der Waals surface area contributed by atoms with Crippen LogP contribution in [0.15, 0.2) is 108 Å². The Hall–Kier alpha value is -4.05. The Labute approximate surface area is 231 Å². The lowest BCUT2D eigenvalue weighted by Crippen LogP contribution is -2.41. The normalized spacial score (nSPS) is 15.3. The summed E-state index contributed by atoms with van der Waals surface area (Å²) in [5, 5.41) is 4.15. The summed E-state index contributed by atoms with van der Waals surface area (Å²) < 4.78 is 27.2. The summed E-state index contributed by atoms with van der Waals surface area (Å²) in [4.78, 5) is 23.9. The molecule has 2 aromatic heterocycles. The van der Waals surface area contributed by atoms with Gasteiger partial charge in [-0.25, -0.2) is 9.55 Å². The SMILES string of the molecule is NC1C(c2cc(Cc3ccc(OCC(c4ccccc4)c4ccccc4)nc3)no2)=CC=CN1COP(=O)(O)O. The highest BCUT2D eigenvalue weighted by molar-refractivity contribution is 7.46. The first-order chi connectivity index (χ1) is 19.4. The average Bonchev–Trinajstić information content (AvgIpc) is 3.42. The first-order valence-corrected chi connectivity index (χ1v) is 14.1. The molecule has 4 aromatic rings. The van der Waals surface area contributed by atoms with E-state index in [1.807, 2.05) is 48.5 Å². The van der Waals surface area contributed by atoms with Gasteiger partial charge in [0.25, 0.3) is 0 Å². The molecule has 0 bridgehead atoms. The fraction of sp³-hybridized carbons (Fsp3) is 0.172. The molecule has 0 fully saturated rings. The van der Waals surface area contributed by atoms with Crippen molar-refractivity contribution < 1.29 is 28.1 Å². The highest BCUT2D eigenvalue weighted by Gasteiger charge is 2.25. The zero-order valence-corrected chi connectivity index (χ0v) is 22.4. The van der Waals surface area contributed by atoms with Crippen LogP contribution >= 0.6 is 7.82 Å². The Morgan fingerprint density at radius 1 is 1.02 bits per heavy atom. The number of benzene rings is 2. The molecule has 11 heteroatoms. The monoisotopic (exact) mass is 560 g/mol. The molecule has 0 saturated carbocycles. The summed E-state index contributed by atoms with van der Waals surface area (Å²) in [6.45, 7) is 0.0743. The van der Waals surface area contributed by atoms with Crippen LogP contribution in [0.3, 0.4) is 0 Å². The summed E-state index contributed by atoms with van der Waals surface area (Å²) >= 11 is 0. The molecule has 0 amide bonds. The van der Waals surface area contributed by atoms with Crippen LogP contribution < -0.4 is 10.5 Å². The van der Waals surface area contributed by atoms with E-state index in [-0.39, 0.29) is 12.6 Å². The molecular formula is C29H29N4O6P. The van der Waals surface area contributed by atoms with Crippen molar-refractivity contribution in [3.8, 4) is 5.88 Å². The fourth-order valence-corrected chi connectivity index (χ4v) is 4.67. The Morgan fingerprint density at radius 2 is 1.73 bits per heavy atom. The fourth-order valence-electron chi connectivity index (χ4n) is 4.39. The van der Waals surface area contributed by atoms with Gasteiger partial charge in [-0.1, -0.05) is 78.0 Å². The van der Waals surface area contributed by atoms with E-state index in [9.17, 15) is 4.57 Å². The molecule has 0 spiro atoms. The topological polar surface area (TPSA) is 144 Å². The van der Waals surface area contributed by atoms with E-state index in [2.05, 4.69) is 38.9 Å². The predicted molar refractivity (Wildman–Crippen MR) is 149 cm³/mol. The van der Waals surface area contributed by atoms with Crippen molar-refractivity contribution in [1.29, 1.82) is 0 Å². The van der Waals surface area contributed by atoms with Gasteiger partial charge in [0.05, 0.1) is 5.69 Å². The molecule has 10 nitrogen and oxygen atoms in total. The molecule has 2 aromatic carbocycles. The van der Waals surface area contributed by atoms with Crippen LogP contribution in [0.1, 0.15) is 34.1 Å². The lowest BCUT2D eigenvalue weighted by atomic mass is 9.92. The number of pyridine rings is 1. The predicted octanol–water partition coefficient (Wildman–Crippen LogP) is 4.44. The van der Waals surface area contributed by atoms with Gasteiger partial charge in [-0.2, -0.15) is 0 Å². The number of ether oxygens (including phenoxy) is 1. The van der Waals surface area contributed by atoms with Crippen LogP contribution in [0.5, 0.6) is 5.88 Å². The molecule has 1 unspecified atom stereocenters. The summed E-state index contributed by atoms with van der Waals surface area (Å²) in [5.74, 6) is 1.06. The minimum absolute atomic E-state index is 0.0759. The number of rotatable bonds is 11. The van der Waals surface area contributed by atoms with Crippen molar-refractivity contribution in [2.75, 3.05) is 13.3 Å². The van der Waals surface area contributed by atoms with Gasteiger partial charge in [0.2, 0.25) is 5.88 Å². The second kappa shape index (κ2) is 12.4. The molecule has 0 radical (unpaired) electrons. The first kappa shape index (κ1) is 27.5. The highest BCUT2D eigenvalue weighted by atomic mass is 31.2. The van der Waals surface area contributed by atoms with Crippen LogP contribution in [0.25, 0.3) is 5.57 Å². The third-order valence-electron chi connectivity index (χ3n) is 6.43. The quantitative estimate of drug-likeness (QED) is 0.225. The highest BCUT2D eigenvalue weighted by Crippen LogP contribution is 2.36. The van der Waals surface area contributed by atoms with Crippen molar-refractivity contribution in [3.05, 3.63) is 132 Å². The van der Waals surface area contributed by atoms with Gasteiger partial charge in [0, 0.05) is 42.4 Å². The van der Waals surface area contributed by atoms with Gasteiger partial charge in [-0.05, 0) is 22.8 Å². The van der Waals surface area contributed by atoms with E-state index in [4.69, 9.17) is 24.8 Å². The molecule has 5 rings (SSSR count). The van der Waals surface area contributed by atoms with Gasteiger partial charge in [-0.15, -0.1) is 0 Å². The lowest BCUT2D eigenvalue weighted by molar-refractivity contribution is 0.110. The van der Waals surface area contributed by atoms with Crippen LogP contribution in [-0.2, 0) is 15.5 Å². The molecule has 206 valence electrons. The third kappa shape index (κ3) is 7.12. The summed E-state index contributed by atoms with van der Waals surface area (Å²) in [7, 11) is -4.63. The van der Waals surface area contributed by atoms with E-state index in [0.29, 0.717) is 35.9 Å². The Morgan fingerprint density at radius 3 is 2.35 bits per heavy atom. The van der Waals surface area contributed by atoms with Crippen LogP contribution in [0.2, 0.25) is 0 Å². The van der Waals surface area contributed by atoms with Crippen LogP contribution in [0.4, 0.5) is 0 Å². The van der Waals surface area contributed by atoms with Gasteiger partial charge in [-0.3, -0.25) is 4.52 Å². The lowest BCUT2D eigenvalue weighted by Gasteiger charge is -2.30. The maximum Gasteiger partial charge on any atom is 0.471 e. The largest absolute Gasteiger partial charge is 0.477 e. The minimum Gasteiger partial charge on any atom is -0.477 e. The Balaban J connectivity index is 1.20. The van der Waals surface area contributed by atoms with Crippen molar-refractivity contribution >= 4 is 13.4 Å². The summed E-state index contributed by atoms with van der Waals surface area (Å²) in [6.07, 6.45) is 6.53. The molecule has 0 saturated heterocycles. The second-order valence-electron chi connectivity index (χ2n) is 9.22. The van der Waals surface area contributed by atoms with Crippen LogP contribution in [-0.4, -0.2) is 44.3 Å². The molecular weight excluding hydrogens is 531 g/mol. The van der Waals surface area contributed by atoms with E-state index >= 15 is 0 Å². The average molecular weight is 561 g/mol. The van der Waals surface area contributed by atoms with E-state index < -0.39 is 14.0 Å². The van der Waals surface area contributed by atoms with Crippen molar-refractivity contribution in [2.45, 2.75) is 18.5 Å². The summed E-state index contributed by atoms with van der Waals surface area (Å²) in [6, 6.07) is 26.1. The van der Waals surface area contributed by atoms with Gasteiger partial charge in [0.15, 0.2) is 5.76 Å². The maximum absolute atomic E-state index is 11.0. The smallest absolute Gasteiger partial charge is 0.471 e. The minimum atomic E-state index is -4.63. The molecule has 4 N–H and O–H groups in total. The van der Waals surface area contributed by atoms with Gasteiger partial charge < -0.3 is 29.7 Å². The zero-order valence-electron chi connectivity index (χ0n) is 21.5. The number of phosphoric ester groups is 1. The molecule has 40 heavy (non-hydrogen) atoms. The number of nitrogens with two attached hydrogens (primary N) is 1. The Bertz CT molecular complexity index is 1460. The number of phosphoric acid groups is 1. The first-order valence-electron chi connectivity index (χ1n) is 12.6. The van der Waals surface area contributed by atoms with E-state index in [0.717, 1.165) is 5.56 Å². The maximum atomic E-state index is 11.0. The van der Waals surface area contributed by atoms with E-state index in [1.54, 1.807) is 30.6 Å². The molecule has 0 aliphatic carbocycles. The van der Waals surface area contributed by atoms with Crippen LogP contribution in [0, 0.1) is 0 Å². The van der Waals surface area contributed by atoms with Crippen molar-refractivity contribution in [3.63, 3.8) is 0 Å². The van der Waals surface area contributed by atoms with E-state index in [1.165, 1.54) is 16.0 Å². The molecule has 1 atom stereocenters. The number of allylic oxidation sites excluding steroid dienone is 2. The van der Waals surface area contributed by atoms with Crippen molar-refractivity contribution in [2.24, 2.45) is 5.73 Å². The third-order valence-corrected chi connectivity index (χ3v) is 6.88. The van der Waals surface area contributed by atoms with Crippen molar-refractivity contribution in [1.82, 2.24) is 15.0 Å². The zero-order chi connectivity index (χ0) is 28.0. The van der Waals surface area contributed by atoms with Gasteiger partial charge in [0.1, 0.15) is 19.5 Å². The number of hydrogen-bond donors (Lipinski definition) is 3. The Kier molecular flexibility index (Phi) is 8.54. The number of hydrogen-bond acceptors (Lipinski definition) is 8. The summed E-state index contributed by atoms with van der Waals surface area (Å²) in [5.41, 5.74) is 10.8.